The molecule has 2 aromatic rings. The van der Waals surface area contributed by atoms with Crippen molar-refractivity contribution in [2.75, 3.05) is 11.9 Å². The zero-order valence-corrected chi connectivity index (χ0v) is 12.3. The number of hydrogen-bond acceptors (Lipinski definition) is 3. The number of benzene rings is 1. The van der Waals surface area contributed by atoms with Gasteiger partial charge >= 0.3 is 0 Å². The molecule has 4 heteroatoms. The minimum Gasteiger partial charge on any atom is -0.385 e. The van der Waals surface area contributed by atoms with Crippen molar-refractivity contribution in [2.45, 2.75) is 26.3 Å². The average Bonchev–Trinajstić information content (AvgIpc) is 2.54. The third-order valence-electron chi connectivity index (χ3n) is 3.26. The van der Waals surface area contributed by atoms with E-state index < -0.39 is 0 Å². The molecular weight excluding hydrogens is 262 g/mol. The van der Waals surface area contributed by atoms with Gasteiger partial charge in [0.1, 0.15) is 0 Å². The fraction of sp³-hybridized carbons (Fsp3) is 0.294. The summed E-state index contributed by atoms with van der Waals surface area (Å²) in [6, 6.07) is 12.1. The molecule has 0 aliphatic heterocycles. The number of aromatic nitrogens is 1. The molecule has 2 N–H and O–H groups in total. The van der Waals surface area contributed by atoms with Crippen molar-refractivity contribution < 1.29 is 4.79 Å². The summed E-state index contributed by atoms with van der Waals surface area (Å²) in [7, 11) is 0. The standard InChI is InChI=1S/C17H21N3O/c1-2-14-5-7-16(8-6-14)19-11-9-17(21)20-13-15-4-3-10-18-12-15/h3-8,10,12,19H,2,9,11,13H2,1H3,(H,20,21). The molecule has 0 aliphatic rings. The maximum Gasteiger partial charge on any atom is 0.222 e. The van der Waals surface area contributed by atoms with E-state index in [9.17, 15) is 4.79 Å². The number of nitrogens with one attached hydrogen (secondary N) is 2. The van der Waals surface area contributed by atoms with Crippen LogP contribution in [0.3, 0.4) is 0 Å². The summed E-state index contributed by atoms with van der Waals surface area (Å²) in [6.07, 6.45) is 4.97. The van der Waals surface area contributed by atoms with Gasteiger partial charge in [-0.05, 0) is 35.7 Å². The van der Waals surface area contributed by atoms with Crippen molar-refractivity contribution in [3.8, 4) is 0 Å². The Morgan fingerprint density at radius 3 is 2.62 bits per heavy atom. The van der Waals surface area contributed by atoms with Crippen LogP contribution in [0.1, 0.15) is 24.5 Å². The van der Waals surface area contributed by atoms with E-state index in [4.69, 9.17) is 0 Å². The number of aryl methyl sites for hydroxylation is 1. The predicted octanol–water partition coefficient (Wildman–Crippen LogP) is 2.76. The first kappa shape index (κ1) is 15.0. The van der Waals surface area contributed by atoms with Gasteiger partial charge in [0, 0.05) is 37.6 Å². The molecule has 0 spiro atoms. The highest BCUT2D eigenvalue weighted by molar-refractivity contribution is 5.76. The van der Waals surface area contributed by atoms with Gasteiger partial charge in [0.15, 0.2) is 0 Å². The molecule has 1 aromatic heterocycles. The molecule has 0 atom stereocenters. The number of hydrogen-bond donors (Lipinski definition) is 2. The fourth-order valence-electron chi connectivity index (χ4n) is 1.97. The summed E-state index contributed by atoms with van der Waals surface area (Å²) in [6.45, 7) is 3.29. The van der Waals surface area contributed by atoms with Gasteiger partial charge in [-0.3, -0.25) is 9.78 Å². The zero-order valence-electron chi connectivity index (χ0n) is 12.3. The second-order valence-electron chi connectivity index (χ2n) is 4.87. The van der Waals surface area contributed by atoms with Crippen LogP contribution in [-0.2, 0) is 17.8 Å². The van der Waals surface area contributed by atoms with E-state index in [2.05, 4.69) is 34.7 Å². The number of carbonyl (C=O) groups excluding carboxylic acids is 1. The number of pyridine rings is 1. The van der Waals surface area contributed by atoms with E-state index in [1.165, 1.54) is 5.56 Å². The Morgan fingerprint density at radius 2 is 1.95 bits per heavy atom. The topological polar surface area (TPSA) is 54.0 Å². The highest BCUT2D eigenvalue weighted by atomic mass is 16.1. The van der Waals surface area contributed by atoms with Crippen molar-refractivity contribution in [3.05, 3.63) is 59.9 Å². The third kappa shape index (κ3) is 5.26. The lowest BCUT2D eigenvalue weighted by molar-refractivity contribution is -0.121. The first-order valence-electron chi connectivity index (χ1n) is 7.26. The van der Waals surface area contributed by atoms with Crippen molar-refractivity contribution >= 4 is 11.6 Å². The second kappa shape index (κ2) is 8.04. The van der Waals surface area contributed by atoms with E-state index in [-0.39, 0.29) is 5.91 Å². The van der Waals surface area contributed by atoms with Gasteiger partial charge in [0.2, 0.25) is 5.91 Å². The van der Waals surface area contributed by atoms with Crippen molar-refractivity contribution in [1.82, 2.24) is 10.3 Å². The molecule has 0 unspecified atom stereocenters. The van der Waals surface area contributed by atoms with Crippen molar-refractivity contribution in [3.63, 3.8) is 0 Å². The SMILES string of the molecule is CCc1ccc(NCCC(=O)NCc2cccnc2)cc1. The van der Waals surface area contributed by atoms with Gasteiger partial charge in [-0.15, -0.1) is 0 Å². The predicted molar refractivity (Wildman–Crippen MR) is 85.0 cm³/mol. The summed E-state index contributed by atoms with van der Waals surface area (Å²) >= 11 is 0. The van der Waals surface area contributed by atoms with Gasteiger partial charge in [0.05, 0.1) is 0 Å². The molecule has 0 bridgehead atoms. The Morgan fingerprint density at radius 1 is 1.14 bits per heavy atom. The molecule has 1 amide bonds. The molecule has 0 saturated carbocycles. The minimum atomic E-state index is 0.0385. The van der Waals surface area contributed by atoms with E-state index >= 15 is 0 Å². The van der Waals surface area contributed by atoms with Crippen LogP contribution < -0.4 is 10.6 Å². The number of amides is 1. The van der Waals surface area contributed by atoms with Crippen LogP contribution in [-0.4, -0.2) is 17.4 Å². The number of carbonyl (C=O) groups is 1. The van der Waals surface area contributed by atoms with Gasteiger partial charge in [0.25, 0.3) is 0 Å². The number of anilines is 1. The van der Waals surface area contributed by atoms with E-state index in [1.54, 1.807) is 12.4 Å². The minimum absolute atomic E-state index is 0.0385. The maximum atomic E-state index is 11.7. The van der Waals surface area contributed by atoms with Crippen LogP contribution in [0.5, 0.6) is 0 Å². The van der Waals surface area contributed by atoms with Crippen LogP contribution in [0.25, 0.3) is 0 Å². The Hall–Kier alpha value is -2.36. The lowest BCUT2D eigenvalue weighted by atomic mass is 10.1. The summed E-state index contributed by atoms with van der Waals surface area (Å²) in [5, 5.41) is 6.14. The average molecular weight is 283 g/mol. The smallest absolute Gasteiger partial charge is 0.222 e. The molecule has 0 saturated heterocycles. The van der Waals surface area contributed by atoms with Crippen LogP contribution >= 0.6 is 0 Å². The molecule has 110 valence electrons. The van der Waals surface area contributed by atoms with Crippen LogP contribution in [0.4, 0.5) is 5.69 Å². The van der Waals surface area contributed by atoms with Gasteiger partial charge in [-0.25, -0.2) is 0 Å². The van der Waals surface area contributed by atoms with E-state index in [0.717, 1.165) is 17.7 Å². The zero-order chi connectivity index (χ0) is 14.9. The molecule has 4 nitrogen and oxygen atoms in total. The Balaban J connectivity index is 1.66. The largest absolute Gasteiger partial charge is 0.385 e. The second-order valence-corrected chi connectivity index (χ2v) is 4.87. The lowest BCUT2D eigenvalue weighted by Gasteiger charge is -2.08. The fourth-order valence-corrected chi connectivity index (χ4v) is 1.97. The van der Waals surface area contributed by atoms with Crippen molar-refractivity contribution in [2.24, 2.45) is 0 Å². The van der Waals surface area contributed by atoms with Crippen molar-refractivity contribution in [1.29, 1.82) is 0 Å². The molecule has 2 rings (SSSR count). The molecule has 1 aromatic carbocycles. The first-order valence-corrected chi connectivity index (χ1v) is 7.26. The molecule has 1 heterocycles. The lowest BCUT2D eigenvalue weighted by Crippen LogP contribution is -2.24. The van der Waals surface area contributed by atoms with E-state index in [1.807, 2.05) is 24.3 Å². The monoisotopic (exact) mass is 283 g/mol. The quantitative estimate of drug-likeness (QED) is 0.821. The normalized spacial score (nSPS) is 10.1. The number of rotatable bonds is 7. The van der Waals surface area contributed by atoms with Gasteiger partial charge in [-0.2, -0.15) is 0 Å². The molecule has 0 radical (unpaired) electrons. The summed E-state index contributed by atoms with van der Waals surface area (Å²) in [5.41, 5.74) is 3.37. The van der Waals surface area contributed by atoms with Gasteiger partial charge < -0.3 is 10.6 Å². The van der Waals surface area contributed by atoms with Gasteiger partial charge in [-0.1, -0.05) is 25.1 Å². The number of nitrogens with zero attached hydrogens (tertiary/aromatic N) is 1. The van der Waals surface area contributed by atoms with Crippen LogP contribution in [0.2, 0.25) is 0 Å². The summed E-state index contributed by atoms with van der Waals surface area (Å²) in [5.74, 6) is 0.0385. The van der Waals surface area contributed by atoms with Crippen LogP contribution in [0.15, 0.2) is 48.8 Å². The molecule has 0 fully saturated rings. The molecular formula is C17H21N3O. The first-order chi connectivity index (χ1) is 10.3. The molecule has 21 heavy (non-hydrogen) atoms. The molecule has 0 aliphatic carbocycles. The van der Waals surface area contributed by atoms with E-state index in [0.29, 0.717) is 19.5 Å². The summed E-state index contributed by atoms with van der Waals surface area (Å²) < 4.78 is 0. The third-order valence-corrected chi connectivity index (χ3v) is 3.26. The Bertz CT molecular complexity index is 552. The Labute approximate surface area is 125 Å². The Kier molecular flexibility index (Phi) is 5.76. The van der Waals surface area contributed by atoms with Crippen LogP contribution in [0, 0.1) is 0 Å². The summed E-state index contributed by atoms with van der Waals surface area (Å²) in [4.78, 5) is 15.8. The highest BCUT2D eigenvalue weighted by Crippen LogP contribution is 2.09. The highest BCUT2D eigenvalue weighted by Gasteiger charge is 2.01. The maximum absolute atomic E-state index is 11.7.